The van der Waals surface area contributed by atoms with Gasteiger partial charge in [-0.25, -0.2) is 4.79 Å². The van der Waals surface area contributed by atoms with Crippen molar-refractivity contribution in [3.8, 4) is 0 Å². The third kappa shape index (κ3) is 5.71. The van der Waals surface area contributed by atoms with Gasteiger partial charge < -0.3 is 10.6 Å². The Balaban J connectivity index is 1.45. The maximum absolute atomic E-state index is 12.8. The number of amides is 2. The van der Waals surface area contributed by atoms with Gasteiger partial charge >= 0.3 is 6.03 Å². The maximum Gasteiger partial charge on any atom is 0.325 e. The Hall–Kier alpha value is -1.55. The number of para-hydroxylation sites is 1. The van der Waals surface area contributed by atoms with Crippen LogP contribution in [0.15, 0.2) is 30.3 Å². The summed E-state index contributed by atoms with van der Waals surface area (Å²) in [4.78, 5) is 16.4. The number of urea groups is 1. The number of benzene rings is 1. The molecule has 4 nitrogen and oxygen atoms in total. The highest BCUT2D eigenvalue weighted by atomic mass is 16.2. The molecule has 0 atom stereocenters. The molecule has 150 valence electrons. The molecule has 3 rings (SSSR count). The fraction of sp³-hybridized carbons (Fsp3) is 0.696. The fourth-order valence-corrected chi connectivity index (χ4v) is 5.06. The van der Waals surface area contributed by atoms with Crippen LogP contribution in [0, 0.1) is 17.8 Å². The van der Waals surface area contributed by atoms with Gasteiger partial charge in [0, 0.05) is 19.3 Å². The summed E-state index contributed by atoms with van der Waals surface area (Å²) in [6.07, 6.45) is 13.9. The van der Waals surface area contributed by atoms with E-state index in [1.807, 2.05) is 42.3 Å². The zero-order chi connectivity index (χ0) is 19.1. The maximum atomic E-state index is 12.8. The molecule has 2 aliphatic rings. The van der Waals surface area contributed by atoms with Crippen molar-refractivity contribution < 1.29 is 4.79 Å². The number of carbonyl (C=O) groups excluding carboxylic acids is 1. The number of nitrogens with zero attached hydrogens (tertiary/aromatic N) is 2. The van der Waals surface area contributed by atoms with Gasteiger partial charge in [-0.1, -0.05) is 63.1 Å². The molecule has 4 heteroatoms. The fourth-order valence-electron chi connectivity index (χ4n) is 5.06. The van der Waals surface area contributed by atoms with Crippen LogP contribution in [0.4, 0.5) is 10.5 Å². The summed E-state index contributed by atoms with van der Waals surface area (Å²) in [5.41, 5.74) is 6.85. The van der Waals surface area contributed by atoms with Crippen LogP contribution < -0.4 is 10.6 Å². The lowest BCUT2D eigenvalue weighted by molar-refractivity contribution is 0.166. The van der Waals surface area contributed by atoms with E-state index < -0.39 is 0 Å². The number of carbonyl (C=O) groups is 1. The van der Waals surface area contributed by atoms with E-state index >= 15 is 0 Å². The average molecular weight is 372 g/mol. The molecule has 0 spiro atoms. The third-order valence-electron chi connectivity index (χ3n) is 6.76. The van der Waals surface area contributed by atoms with Crippen molar-refractivity contribution in [3.05, 3.63) is 30.3 Å². The molecule has 0 unspecified atom stereocenters. The van der Waals surface area contributed by atoms with E-state index in [0.29, 0.717) is 5.92 Å². The van der Waals surface area contributed by atoms with Gasteiger partial charge in [0.2, 0.25) is 0 Å². The topological polar surface area (TPSA) is 49.6 Å². The summed E-state index contributed by atoms with van der Waals surface area (Å²) < 4.78 is 0. The summed E-state index contributed by atoms with van der Waals surface area (Å²) in [6.45, 7) is 1.08. The van der Waals surface area contributed by atoms with Crippen molar-refractivity contribution in [1.29, 1.82) is 0 Å². The Labute approximate surface area is 165 Å². The van der Waals surface area contributed by atoms with Crippen molar-refractivity contribution in [2.75, 3.05) is 25.2 Å². The molecule has 2 amide bonds. The Morgan fingerprint density at radius 3 is 2.15 bits per heavy atom. The Kier molecular flexibility index (Phi) is 7.57. The second-order valence-electron chi connectivity index (χ2n) is 8.71. The largest absolute Gasteiger partial charge is 0.325 e. The first kappa shape index (κ1) is 20.2. The Morgan fingerprint density at radius 2 is 1.52 bits per heavy atom. The zero-order valence-corrected chi connectivity index (χ0v) is 17.0. The highest BCUT2D eigenvalue weighted by Crippen LogP contribution is 2.37. The van der Waals surface area contributed by atoms with Crippen molar-refractivity contribution in [1.82, 2.24) is 4.90 Å². The van der Waals surface area contributed by atoms with E-state index in [1.165, 1.54) is 64.2 Å². The van der Waals surface area contributed by atoms with Crippen molar-refractivity contribution in [2.45, 2.75) is 64.2 Å². The van der Waals surface area contributed by atoms with Crippen molar-refractivity contribution in [3.63, 3.8) is 0 Å². The van der Waals surface area contributed by atoms with Crippen LogP contribution in [0.2, 0.25) is 0 Å². The molecule has 0 aliphatic heterocycles. The molecule has 1 aromatic carbocycles. The summed E-state index contributed by atoms with van der Waals surface area (Å²) in [6, 6.07) is 9.81. The van der Waals surface area contributed by atoms with E-state index in [0.717, 1.165) is 24.1 Å². The SMILES string of the molecule is CN(C(=O)N(CN)CC1CCC(CC2CCCCC2)CC1)c1ccccc1. The van der Waals surface area contributed by atoms with Gasteiger partial charge in [-0.05, 0) is 49.1 Å². The minimum Gasteiger partial charge on any atom is -0.314 e. The van der Waals surface area contributed by atoms with Gasteiger partial charge in [0.15, 0.2) is 0 Å². The molecule has 0 aromatic heterocycles. The normalized spacial score (nSPS) is 23.8. The standard InChI is InChI=1S/C23H37N3O/c1-25(22-10-6-3-7-11-22)23(27)26(18-24)17-21-14-12-20(13-15-21)16-19-8-4-2-5-9-19/h3,6-7,10-11,19-21H,2,4-5,8-9,12-18,24H2,1H3. The smallest absolute Gasteiger partial charge is 0.314 e. The minimum atomic E-state index is 0.00743. The van der Waals surface area contributed by atoms with Gasteiger partial charge in [-0.3, -0.25) is 4.90 Å². The highest BCUT2D eigenvalue weighted by Gasteiger charge is 2.27. The number of nitrogens with two attached hydrogens (primary N) is 1. The molecule has 2 N–H and O–H groups in total. The molecule has 0 saturated heterocycles. The monoisotopic (exact) mass is 371 g/mol. The first-order chi connectivity index (χ1) is 13.2. The van der Waals surface area contributed by atoms with Gasteiger partial charge in [0.1, 0.15) is 0 Å². The molecule has 0 radical (unpaired) electrons. The molecule has 2 saturated carbocycles. The van der Waals surface area contributed by atoms with Crippen LogP contribution >= 0.6 is 0 Å². The molecule has 27 heavy (non-hydrogen) atoms. The molecule has 2 aliphatic carbocycles. The summed E-state index contributed by atoms with van der Waals surface area (Å²) in [5, 5.41) is 0. The van der Waals surface area contributed by atoms with E-state index in [4.69, 9.17) is 5.73 Å². The number of hydrogen-bond donors (Lipinski definition) is 1. The van der Waals surface area contributed by atoms with Crippen LogP contribution in [-0.2, 0) is 0 Å². The second-order valence-corrected chi connectivity index (χ2v) is 8.71. The zero-order valence-electron chi connectivity index (χ0n) is 17.0. The first-order valence-electron chi connectivity index (χ1n) is 10.9. The van der Waals surface area contributed by atoms with Crippen molar-refractivity contribution >= 4 is 11.7 Å². The molecular formula is C23H37N3O. The minimum absolute atomic E-state index is 0.00743. The van der Waals surface area contributed by atoms with Crippen LogP contribution in [0.25, 0.3) is 0 Å². The molecule has 0 bridgehead atoms. The number of hydrogen-bond acceptors (Lipinski definition) is 2. The Bertz CT molecular complexity index is 562. The molecule has 2 fully saturated rings. The van der Waals surface area contributed by atoms with E-state index in [-0.39, 0.29) is 12.7 Å². The Morgan fingerprint density at radius 1 is 0.926 bits per heavy atom. The van der Waals surface area contributed by atoms with Crippen LogP contribution in [0.3, 0.4) is 0 Å². The lowest BCUT2D eigenvalue weighted by atomic mass is 9.75. The second kappa shape index (κ2) is 10.1. The molecular weight excluding hydrogens is 334 g/mol. The van der Waals surface area contributed by atoms with E-state index in [9.17, 15) is 4.79 Å². The van der Waals surface area contributed by atoms with Crippen LogP contribution in [0.5, 0.6) is 0 Å². The summed E-state index contributed by atoms with van der Waals surface area (Å²) in [5.74, 6) is 2.50. The van der Waals surface area contributed by atoms with Crippen LogP contribution in [0.1, 0.15) is 64.2 Å². The van der Waals surface area contributed by atoms with Gasteiger partial charge in [-0.15, -0.1) is 0 Å². The molecule has 0 heterocycles. The third-order valence-corrected chi connectivity index (χ3v) is 6.76. The lowest BCUT2D eigenvalue weighted by Crippen LogP contribution is -2.46. The number of anilines is 1. The molecule has 1 aromatic rings. The summed E-state index contributed by atoms with van der Waals surface area (Å²) in [7, 11) is 1.83. The quantitative estimate of drug-likeness (QED) is 0.695. The highest BCUT2D eigenvalue weighted by molar-refractivity contribution is 5.91. The van der Waals surface area contributed by atoms with Gasteiger partial charge in [0.25, 0.3) is 0 Å². The lowest BCUT2D eigenvalue weighted by Gasteiger charge is -2.35. The number of rotatable bonds is 6. The summed E-state index contributed by atoms with van der Waals surface area (Å²) >= 11 is 0. The van der Waals surface area contributed by atoms with Gasteiger partial charge in [-0.2, -0.15) is 0 Å². The van der Waals surface area contributed by atoms with Crippen molar-refractivity contribution in [2.24, 2.45) is 23.5 Å². The first-order valence-corrected chi connectivity index (χ1v) is 10.9. The van der Waals surface area contributed by atoms with Gasteiger partial charge in [0.05, 0.1) is 6.67 Å². The van der Waals surface area contributed by atoms with E-state index in [1.54, 1.807) is 4.90 Å². The van der Waals surface area contributed by atoms with Crippen LogP contribution in [-0.4, -0.2) is 31.2 Å². The predicted octanol–water partition coefficient (Wildman–Crippen LogP) is 5.24. The van der Waals surface area contributed by atoms with E-state index in [2.05, 4.69) is 0 Å². The predicted molar refractivity (Wildman–Crippen MR) is 113 cm³/mol. The average Bonchev–Trinajstić information content (AvgIpc) is 2.73.